The molecule has 4 aromatic rings. The minimum Gasteiger partial charge on any atom is -0.497 e. The number of benzene rings is 4. The Kier molecular flexibility index (Phi) is 21.1. The molecular weight excluding hydrogens is 795 g/mol. The van der Waals surface area contributed by atoms with Crippen molar-refractivity contribution in [2.24, 2.45) is 0 Å². The monoisotopic (exact) mass is 859 g/mol. The summed E-state index contributed by atoms with van der Waals surface area (Å²) < 4.78 is 44.2. The molecule has 0 saturated heterocycles. The van der Waals surface area contributed by atoms with E-state index in [1.54, 1.807) is 24.0 Å². The minimum atomic E-state index is -0.507. The highest BCUT2D eigenvalue weighted by atomic mass is 16.8. The van der Waals surface area contributed by atoms with Gasteiger partial charge < -0.3 is 52.6 Å². The normalized spacial score (nSPS) is 11.1. The molecule has 62 heavy (non-hydrogen) atoms. The Morgan fingerprint density at radius 3 is 1.23 bits per heavy atom. The van der Waals surface area contributed by atoms with E-state index in [0.717, 1.165) is 46.5 Å². The lowest BCUT2D eigenvalue weighted by molar-refractivity contribution is -0.120. The Morgan fingerprint density at radius 1 is 0.484 bits per heavy atom. The van der Waals surface area contributed by atoms with E-state index in [0.29, 0.717) is 50.9 Å². The van der Waals surface area contributed by atoms with Gasteiger partial charge in [0.05, 0.1) is 27.4 Å². The molecule has 0 bridgehead atoms. The minimum absolute atomic E-state index is 0.0297. The molecule has 0 N–H and O–H groups in total. The molecule has 0 radical (unpaired) electrons. The molecule has 0 aliphatic carbocycles. The van der Waals surface area contributed by atoms with Crippen molar-refractivity contribution in [2.75, 3.05) is 107 Å². The summed E-state index contributed by atoms with van der Waals surface area (Å²) in [6, 6.07) is 31.4. The van der Waals surface area contributed by atoms with Crippen LogP contribution < -0.4 is 19.3 Å². The standard InChI is InChI=1S/C47H65N5O10/c1-48(2)41-19-15-37(16-20-41)29-51(31-39-11-9-13-44(27-39)55-7)46(53)61-35-59-33-57-25-23-43(50(5)6)24-26-58-34-60-36-62-47(54)52(32-40-12-10-14-45(28-40)56-8)30-38-17-21-42(22-18-38)49(3)4/h9-22,27-28,43H,23-26,29-36H2,1-8H3. The number of anilines is 2. The smallest absolute Gasteiger partial charge is 0.412 e. The summed E-state index contributed by atoms with van der Waals surface area (Å²) in [4.78, 5) is 35.9. The zero-order chi connectivity index (χ0) is 44.7. The van der Waals surface area contributed by atoms with Gasteiger partial charge in [0.1, 0.15) is 11.5 Å². The third kappa shape index (κ3) is 17.4. The molecule has 4 rings (SSSR count). The highest BCUT2D eigenvalue weighted by Gasteiger charge is 2.19. The van der Waals surface area contributed by atoms with Gasteiger partial charge in [-0.05, 0) is 97.7 Å². The topological polar surface area (TPSA) is 124 Å². The number of hydrogen-bond acceptors (Lipinski definition) is 13. The van der Waals surface area contributed by atoms with Crippen molar-refractivity contribution < 1.29 is 47.5 Å². The van der Waals surface area contributed by atoms with Gasteiger partial charge in [-0.3, -0.25) is 9.80 Å². The summed E-state index contributed by atoms with van der Waals surface area (Å²) in [5, 5.41) is 0. The van der Waals surface area contributed by atoms with Gasteiger partial charge in [-0.1, -0.05) is 48.5 Å². The predicted octanol–water partition coefficient (Wildman–Crippen LogP) is 7.42. The van der Waals surface area contributed by atoms with Crippen LogP contribution in [0, 0.1) is 0 Å². The van der Waals surface area contributed by atoms with Gasteiger partial charge in [-0.15, -0.1) is 0 Å². The zero-order valence-corrected chi connectivity index (χ0v) is 37.6. The number of carbonyl (C=O) groups excluding carboxylic acids is 2. The molecule has 2 amide bonds. The number of carbonyl (C=O) groups is 2. The van der Waals surface area contributed by atoms with Crippen LogP contribution in [0.4, 0.5) is 21.0 Å². The zero-order valence-electron chi connectivity index (χ0n) is 37.6. The lowest BCUT2D eigenvalue weighted by atomic mass is 10.1. The van der Waals surface area contributed by atoms with E-state index in [-0.39, 0.29) is 33.2 Å². The van der Waals surface area contributed by atoms with Crippen LogP contribution in [0.2, 0.25) is 0 Å². The lowest BCUT2D eigenvalue weighted by Gasteiger charge is -2.24. The highest BCUT2D eigenvalue weighted by molar-refractivity contribution is 5.68. The van der Waals surface area contributed by atoms with Crippen molar-refractivity contribution in [3.05, 3.63) is 119 Å². The van der Waals surface area contributed by atoms with Gasteiger partial charge in [0.2, 0.25) is 0 Å². The first-order chi connectivity index (χ1) is 29.9. The maximum Gasteiger partial charge on any atom is 0.412 e. The Bertz CT molecular complexity index is 1760. The fraction of sp³-hybridized carbons (Fsp3) is 0.447. The number of hydrogen-bond donors (Lipinski definition) is 0. The van der Waals surface area contributed by atoms with Gasteiger partial charge in [0.15, 0.2) is 27.2 Å². The molecule has 0 spiro atoms. The van der Waals surface area contributed by atoms with Crippen LogP contribution >= 0.6 is 0 Å². The molecule has 0 fully saturated rings. The summed E-state index contributed by atoms with van der Waals surface area (Å²) in [5.41, 5.74) is 5.89. The second kappa shape index (κ2) is 26.7. The van der Waals surface area contributed by atoms with Crippen LogP contribution in [0.15, 0.2) is 97.1 Å². The number of amides is 2. The lowest BCUT2D eigenvalue weighted by Crippen LogP contribution is -2.32. The van der Waals surface area contributed by atoms with Crippen LogP contribution in [0.1, 0.15) is 35.1 Å². The third-order valence-electron chi connectivity index (χ3n) is 9.97. The van der Waals surface area contributed by atoms with E-state index in [2.05, 4.69) is 4.90 Å². The van der Waals surface area contributed by atoms with Crippen LogP contribution in [0.3, 0.4) is 0 Å². The summed E-state index contributed by atoms with van der Waals surface area (Å²) >= 11 is 0. The van der Waals surface area contributed by atoms with Crippen LogP contribution in [0.5, 0.6) is 11.5 Å². The van der Waals surface area contributed by atoms with Crippen LogP contribution in [-0.4, -0.2) is 130 Å². The van der Waals surface area contributed by atoms with Crippen molar-refractivity contribution >= 4 is 23.6 Å². The molecule has 0 unspecified atom stereocenters. The van der Waals surface area contributed by atoms with Crippen molar-refractivity contribution in [1.82, 2.24) is 14.7 Å². The summed E-state index contributed by atoms with van der Waals surface area (Å²) in [6.07, 6.45) is 0.431. The van der Waals surface area contributed by atoms with Gasteiger partial charge in [-0.25, -0.2) is 9.59 Å². The Labute approximate surface area is 367 Å². The number of ether oxygens (including phenoxy) is 8. The summed E-state index contributed by atoms with van der Waals surface area (Å²) in [7, 11) is 15.2. The maximum absolute atomic E-state index is 13.2. The summed E-state index contributed by atoms with van der Waals surface area (Å²) in [6.45, 7) is 1.67. The maximum atomic E-state index is 13.2. The van der Waals surface area contributed by atoms with Gasteiger partial charge in [0.25, 0.3) is 0 Å². The molecule has 15 heteroatoms. The molecule has 338 valence electrons. The average molecular weight is 860 g/mol. The van der Waals surface area contributed by atoms with E-state index >= 15 is 0 Å². The number of rotatable bonds is 27. The molecule has 0 saturated carbocycles. The van der Waals surface area contributed by atoms with Crippen LogP contribution in [0.25, 0.3) is 0 Å². The molecule has 4 aromatic carbocycles. The largest absolute Gasteiger partial charge is 0.497 e. The molecule has 0 aliphatic heterocycles. The third-order valence-corrected chi connectivity index (χ3v) is 9.97. The molecule has 0 aliphatic rings. The Hall–Kier alpha value is -5.58. The average Bonchev–Trinajstić information content (AvgIpc) is 3.27. The van der Waals surface area contributed by atoms with E-state index in [9.17, 15) is 9.59 Å². The van der Waals surface area contributed by atoms with Crippen molar-refractivity contribution in [2.45, 2.75) is 45.1 Å². The van der Waals surface area contributed by atoms with E-state index in [4.69, 9.17) is 37.9 Å². The first-order valence-electron chi connectivity index (χ1n) is 20.5. The quantitative estimate of drug-likeness (QED) is 0.0437. The van der Waals surface area contributed by atoms with Gasteiger partial charge in [-0.2, -0.15) is 0 Å². The predicted molar refractivity (Wildman–Crippen MR) is 239 cm³/mol. The van der Waals surface area contributed by atoms with Crippen molar-refractivity contribution in [3.63, 3.8) is 0 Å². The number of methoxy groups -OCH3 is 2. The molecule has 15 nitrogen and oxygen atoms in total. The fourth-order valence-electron chi connectivity index (χ4n) is 6.36. The van der Waals surface area contributed by atoms with Gasteiger partial charge >= 0.3 is 12.2 Å². The van der Waals surface area contributed by atoms with E-state index < -0.39 is 12.2 Å². The summed E-state index contributed by atoms with van der Waals surface area (Å²) in [5.74, 6) is 1.42. The second-order valence-electron chi connectivity index (χ2n) is 15.2. The first kappa shape index (κ1) is 49.1. The van der Waals surface area contributed by atoms with Gasteiger partial charge in [0, 0.05) is 71.8 Å². The molecule has 0 atom stereocenters. The molecule has 0 heterocycles. The molecular formula is C47H65N5O10. The Balaban J connectivity index is 1.13. The van der Waals surface area contributed by atoms with E-state index in [1.807, 2.05) is 149 Å². The highest BCUT2D eigenvalue weighted by Crippen LogP contribution is 2.21. The fourth-order valence-corrected chi connectivity index (χ4v) is 6.36. The molecule has 0 aromatic heterocycles. The first-order valence-corrected chi connectivity index (χ1v) is 20.5. The van der Waals surface area contributed by atoms with Crippen molar-refractivity contribution in [3.8, 4) is 11.5 Å². The number of nitrogens with zero attached hydrogens (tertiary/aromatic N) is 5. The Morgan fingerprint density at radius 2 is 0.871 bits per heavy atom. The van der Waals surface area contributed by atoms with E-state index in [1.165, 1.54) is 0 Å². The van der Waals surface area contributed by atoms with Crippen molar-refractivity contribution in [1.29, 1.82) is 0 Å². The SMILES string of the molecule is COc1cccc(CN(Cc2ccc(N(C)C)cc2)C(=O)OCOCOCCC(CCOCOCOC(=O)N(Cc2ccc(N(C)C)cc2)Cc2cccc(OC)c2)N(C)C)c1. The second-order valence-corrected chi connectivity index (χ2v) is 15.2. The van der Waals surface area contributed by atoms with Crippen LogP contribution in [-0.2, 0) is 54.6 Å².